The number of hydrogen-bond donors (Lipinski definition) is 1. The van der Waals surface area contributed by atoms with Crippen LogP contribution in [-0.4, -0.2) is 26.6 Å². The number of aromatic hydroxyl groups is 1. The zero-order chi connectivity index (χ0) is 13.5. The zero-order valence-electron chi connectivity index (χ0n) is 10.3. The Labute approximate surface area is 103 Å². The summed E-state index contributed by atoms with van der Waals surface area (Å²) in [5.74, 6) is -0.858. The Bertz CT molecular complexity index is 614. The van der Waals surface area contributed by atoms with E-state index >= 15 is 0 Å². The van der Waals surface area contributed by atoms with Crippen LogP contribution < -0.4 is 0 Å². The van der Waals surface area contributed by atoms with Crippen molar-refractivity contribution >= 4 is 17.0 Å². The number of benzene rings is 1. The second kappa shape index (κ2) is 3.97. The number of carbonyl (C=O) groups excluding carboxylic acids is 1. The van der Waals surface area contributed by atoms with Crippen molar-refractivity contribution in [2.24, 2.45) is 0 Å². The molecular formula is C12H13FN2O3. The molecule has 1 aromatic carbocycles. The van der Waals surface area contributed by atoms with Crippen molar-refractivity contribution in [1.29, 1.82) is 0 Å². The summed E-state index contributed by atoms with van der Waals surface area (Å²) in [6.45, 7) is 5.10. The fourth-order valence-corrected chi connectivity index (χ4v) is 1.51. The van der Waals surface area contributed by atoms with Gasteiger partial charge in [-0.15, -0.1) is 5.10 Å². The third kappa shape index (κ3) is 2.27. The highest BCUT2D eigenvalue weighted by Gasteiger charge is 2.22. The van der Waals surface area contributed by atoms with Crippen molar-refractivity contribution in [1.82, 2.24) is 9.78 Å². The first kappa shape index (κ1) is 12.3. The normalized spacial score (nSPS) is 11.8. The van der Waals surface area contributed by atoms with Gasteiger partial charge in [0.1, 0.15) is 11.4 Å². The lowest BCUT2D eigenvalue weighted by Gasteiger charge is -2.19. The Hall–Kier alpha value is -2.11. The van der Waals surface area contributed by atoms with E-state index in [0.717, 1.165) is 4.68 Å². The summed E-state index contributed by atoms with van der Waals surface area (Å²) in [7, 11) is 0. The first-order valence-corrected chi connectivity index (χ1v) is 5.38. The molecule has 0 saturated heterocycles. The van der Waals surface area contributed by atoms with Crippen LogP contribution in [0.3, 0.4) is 0 Å². The lowest BCUT2D eigenvalue weighted by atomic mass is 10.2. The van der Waals surface area contributed by atoms with Crippen LogP contribution in [0.4, 0.5) is 9.18 Å². The summed E-state index contributed by atoms with van der Waals surface area (Å²) in [4.78, 5) is 11.8. The molecule has 0 aliphatic rings. The predicted molar refractivity (Wildman–Crippen MR) is 63.0 cm³/mol. The largest absolute Gasteiger partial charge is 0.508 e. The van der Waals surface area contributed by atoms with E-state index in [1.807, 2.05) is 0 Å². The van der Waals surface area contributed by atoms with E-state index in [0.29, 0.717) is 0 Å². The highest BCUT2D eigenvalue weighted by molar-refractivity contribution is 5.88. The van der Waals surface area contributed by atoms with Crippen LogP contribution in [0, 0.1) is 5.95 Å². The number of phenols is 1. The molecule has 1 N–H and O–H groups in total. The molecule has 0 fully saturated rings. The van der Waals surface area contributed by atoms with Gasteiger partial charge in [-0.2, -0.15) is 9.07 Å². The third-order valence-electron chi connectivity index (χ3n) is 2.19. The number of hydrogen-bond acceptors (Lipinski definition) is 4. The van der Waals surface area contributed by atoms with Crippen molar-refractivity contribution < 1.29 is 19.0 Å². The van der Waals surface area contributed by atoms with Gasteiger partial charge in [-0.25, -0.2) is 4.79 Å². The van der Waals surface area contributed by atoms with E-state index in [-0.39, 0.29) is 16.7 Å². The van der Waals surface area contributed by atoms with Crippen LogP contribution in [0.5, 0.6) is 5.75 Å². The molecule has 0 saturated carbocycles. The SMILES string of the molecule is CC(C)(C)OC(=O)n1nc(F)c2ccc(O)cc21. The summed E-state index contributed by atoms with van der Waals surface area (Å²) in [6.07, 6.45) is -0.790. The zero-order valence-corrected chi connectivity index (χ0v) is 10.3. The van der Waals surface area contributed by atoms with E-state index in [1.165, 1.54) is 18.2 Å². The van der Waals surface area contributed by atoms with Gasteiger partial charge in [0.25, 0.3) is 0 Å². The Kier molecular flexibility index (Phi) is 2.73. The fourth-order valence-electron chi connectivity index (χ4n) is 1.51. The maximum Gasteiger partial charge on any atom is 0.435 e. The number of nitrogens with zero attached hydrogens (tertiary/aromatic N) is 2. The maximum atomic E-state index is 13.5. The summed E-state index contributed by atoms with van der Waals surface area (Å²) >= 11 is 0. The maximum absolute atomic E-state index is 13.5. The summed E-state index contributed by atoms with van der Waals surface area (Å²) in [5, 5.41) is 13.0. The topological polar surface area (TPSA) is 64.4 Å². The number of fused-ring (bicyclic) bond motifs is 1. The number of aromatic nitrogens is 2. The van der Waals surface area contributed by atoms with Crippen molar-refractivity contribution in [3.05, 3.63) is 24.1 Å². The van der Waals surface area contributed by atoms with E-state index in [9.17, 15) is 14.3 Å². The van der Waals surface area contributed by atoms with Crippen LogP contribution in [0.2, 0.25) is 0 Å². The van der Waals surface area contributed by atoms with Gasteiger partial charge in [-0.3, -0.25) is 0 Å². The molecule has 0 aliphatic heterocycles. The van der Waals surface area contributed by atoms with Gasteiger partial charge in [-0.1, -0.05) is 0 Å². The average Bonchev–Trinajstić information content (AvgIpc) is 2.53. The molecule has 2 aromatic rings. The minimum absolute atomic E-state index is 0.0767. The van der Waals surface area contributed by atoms with Gasteiger partial charge in [0.2, 0.25) is 5.95 Å². The van der Waals surface area contributed by atoms with Gasteiger partial charge in [0.15, 0.2) is 0 Å². The molecule has 0 aliphatic carbocycles. The summed E-state index contributed by atoms with van der Waals surface area (Å²) in [5.41, 5.74) is -0.537. The van der Waals surface area contributed by atoms with Crippen LogP contribution >= 0.6 is 0 Å². The smallest absolute Gasteiger partial charge is 0.435 e. The summed E-state index contributed by atoms with van der Waals surface area (Å²) in [6, 6.07) is 3.94. The second-order valence-corrected chi connectivity index (χ2v) is 4.88. The number of ether oxygens (including phenoxy) is 1. The highest BCUT2D eigenvalue weighted by atomic mass is 19.1. The van der Waals surface area contributed by atoms with E-state index in [4.69, 9.17) is 4.74 Å². The average molecular weight is 252 g/mol. The molecule has 0 radical (unpaired) electrons. The van der Waals surface area contributed by atoms with E-state index in [2.05, 4.69) is 5.10 Å². The molecule has 6 heteroatoms. The highest BCUT2D eigenvalue weighted by Crippen LogP contribution is 2.23. The second-order valence-electron chi connectivity index (χ2n) is 4.88. The fraction of sp³-hybridized carbons (Fsp3) is 0.333. The minimum atomic E-state index is -0.790. The van der Waals surface area contributed by atoms with Crippen LogP contribution in [-0.2, 0) is 4.74 Å². The quantitative estimate of drug-likeness (QED) is 0.782. The van der Waals surface area contributed by atoms with Gasteiger partial charge in [0.05, 0.1) is 10.9 Å². The first-order valence-electron chi connectivity index (χ1n) is 5.38. The number of halogens is 1. The molecule has 96 valence electrons. The lowest BCUT2D eigenvalue weighted by Crippen LogP contribution is -2.27. The van der Waals surface area contributed by atoms with Crippen molar-refractivity contribution in [3.63, 3.8) is 0 Å². The summed E-state index contributed by atoms with van der Waals surface area (Å²) < 4.78 is 19.4. The molecule has 0 spiro atoms. The Morgan fingerprint density at radius 1 is 1.44 bits per heavy atom. The predicted octanol–water partition coefficient (Wildman–Crippen LogP) is 2.66. The molecule has 0 amide bonds. The molecule has 2 rings (SSSR count). The molecule has 0 atom stereocenters. The molecule has 0 unspecified atom stereocenters. The van der Waals surface area contributed by atoms with Gasteiger partial charge in [-0.05, 0) is 32.9 Å². The monoisotopic (exact) mass is 252 g/mol. The van der Waals surface area contributed by atoms with Gasteiger partial charge < -0.3 is 9.84 Å². The minimum Gasteiger partial charge on any atom is -0.508 e. The Morgan fingerprint density at radius 2 is 2.11 bits per heavy atom. The molecular weight excluding hydrogens is 239 g/mol. The first-order chi connectivity index (χ1) is 8.28. The standard InChI is InChI=1S/C12H13FN2O3/c1-12(2,3)18-11(17)15-9-6-7(16)4-5-8(9)10(13)14-15/h4-6,16H,1-3H3. The Morgan fingerprint density at radius 3 is 2.72 bits per heavy atom. The molecule has 1 heterocycles. The van der Waals surface area contributed by atoms with Crippen molar-refractivity contribution in [2.45, 2.75) is 26.4 Å². The van der Waals surface area contributed by atoms with Crippen LogP contribution in [0.25, 0.3) is 10.9 Å². The lowest BCUT2D eigenvalue weighted by molar-refractivity contribution is 0.0519. The number of rotatable bonds is 0. The van der Waals surface area contributed by atoms with E-state index < -0.39 is 17.6 Å². The third-order valence-corrected chi connectivity index (χ3v) is 2.19. The van der Waals surface area contributed by atoms with Crippen molar-refractivity contribution in [3.8, 4) is 5.75 Å². The molecule has 0 bridgehead atoms. The van der Waals surface area contributed by atoms with Crippen LogP contribution in [0.1, 0.15) is 20.8 Å². The number of phenolic OH excluding ortho intramolecular Hbond substituents is 1. The van der Waals surface area contributed by atoms with E-state index in [1.54, 1.807) is 20.8 Å². The van der Waals surface area contributed by atoms with Gasteiger partial charge >= 0.3 is 6.09 Å². The molecule has 1 aromatic heterocycles. The van der Waals surface area contributed by atoms with Crippen LogP contribution in [0.15, 0.2) is 18.2 Å². The molecule has 18 heavy (non-hydrogen) atoms. The Balaban J connectivity index is 2.51. The van der Waals surface area contributed by atoms with Crippen molar-refractivity contribution in [2.75, 3.05) is 0 Å². The van der Waals surface area contributed by atoms with Gasteiger partial charge in [0, 0.05) is 6.07 Å². The number of carbonyl (C=O) groups is 1. The molecule has 5 nitrogen and oxygen atoms in total.